The largest absolute Gasteiger partial charge is 0.506 e. The van der Waals surface area contributed by atoms with Crippen LogP contribution >= 0.6 is 0 Å². The van der Waals surface area contributed by atoms with Crippen LogP contribution < -0.4 is 0 Å². The topological polar surface area (TPSA) is 92.4 Å². The van der Waals surface area contributed by atoms with E-state index in [4.69, 9.17) is 4.52 Å². The maximum atomic E-state index is 12.6. The molecule has 0 aromatic carbocycles. The summed E-state index contributed by atoms with van der Waals surface area (Å²) in [5.74, 6) is 1.38. The number of carbonyl (C=O) groups is 1. The van der Waals surface area contributed by atoms with Gasteiger partial charge in [-0.1, -0.05) is 19.0 Å². The first kappa shape index (κ1) is 15.5. The van der Waals surface area contributed by atoms with Crippen LogP contribution in [0.3, 0.4) is 0 Å². The van der Waals surface area contributed by atoms with Crippen molar-refractivity contribution in [2.75, 3.05) is 6.54 Å². The summed E-state index contributed by atoms with van der Waals surface area (Å²) < 4.78 is 5.26. The molecule has 122 valence electrons. The van der Waals surface area contributed by atoms with Crippen molar-refractivity contribution < 1.29 is 14.4 Å². The highest BCUT2D eigenvalue weighted by Crippen LogP contribution is 2.31. The summed E-state index contributed by atoms with van der Waals surface area (Å²) in [5.41, 5.74) is 0.691. The first-order chi connectivity index (χ1) is 11.0. The molecule has 1 saturated heterocycles. The second-order valence-electron chi connectivity index (χ2n) is 6.12. The first-order valence-corrected chi connectivity index (χ1v) is 7.80. The molecule has 0 radical (unpaired) electrons. The molecule has 7 nitrogen and oxygen atoms in total. The Bertz CT molecular complexity index is 698. The van der Waals surface area contributed by atoms with Crippen molar-refractivity contribution >= 4 is 5.91 Å². The van der Waals surface area contributed by atoms with Gasteiger partial charge in [0.15, 0.2) is 5.82 Å². The maximum Gasteiger partial charge on any atom is 0.229 e. The number of hydrogen-bond donors (Lipinski definition) is 1. The highest BCUT2D eigenvalue weighted by Gasteiger charge is 2.33. The van der Waals surface area contributed by atoms with Gasteiger partial charge in [-0.05, 0) is 24.5 Å². The molecule has 0 unspecified atom stereocenters. The third kappa shape index (κ3) is 3.33. The zero-order valence-electron chi connectivity index (χ0n) is 13.3. The van der Waals surface area contributed by atoms with Crippen LogP contribution in [0, 0.1) is 0 Å². The van der Waals surface area contributed by atoms with Gasteiger partial charge < -0.3 is 14.5 Å². The predicted molar refractivity (Wildman–Crippen MR) is 81.7 cm³/mol. The Morgan fingerprint density at radius 2 is 2.30 bits per heavy atom. The summed E-state index contributed by atoms with van der Waals surface area (Å²) in [7, 11) is 0. The molecule has 0 saturated carbocycles. The SMILES string of the molecule is CC(C)c1nc([C@H]2CCCN2C(=O)Cc2cncc(O)c2)no1. The molecule has 1 atom stereocenters. The maximum absolute atomic E-state index is 12.6. The number of aromatic hydroxyl groups is 1. The number of rotatable bonds is 4. The first-order valence-electron chi connectivity index (χ1n) is 7.80. The van der Waals surface area contributed by atoms with Crippen LogP contribution in [-0.2, 0) is 11.2 Å². The fraction of sp³-hybridized carbons (Fsp3) is 0.500. The molecular formula is C16H20N4O3. The second kappa shape index (κ2) is 6.36. The number of aromatic nitrogens is 3. The summed E-state index contributed by atoms with van der Waals surface area (Å²) in [4.78, 5) is 22.7. The van der Waals surface area contributed by atoms with Crippen LogP contribution in [0.2, 0.25) is 0 Å². The van der Waals surface area contributed by atoms with Gasteiger partial charge in [-0.15, -0.1) is 0 Å². The Morgan fingerprint density at radius 3 is 3.00 bits per heavy atom. The third-order valence-corrected chi connectivity index (χ3v) is 3.96. The Labute approximate surface area is 134 Å². The molecule has 1 amide bonds. The Kier molecular flexibility index (Phi) is 4.27. The zero-order valence-corrected chi connectivity index (χ0v) is 13.3. The minimum absolute atomic E-state index is 0.0178. The van der Waals surface area contributed by atoms with E-state index in [9.17, 15) is 9.90 Å². The van der Waals surface area contributed by atoms with E-state index in [1.807, 2.05) is 13.8 Å². The number of likely N-dealkylation sites (tertiary alicyclic amines) is 1. The zero-order chi connectivity index (χ0) is 16.4. The van der Waals surface area contributed by atoms with Crippen LogP contribution in [0.1, 0.15) is 55.9 Å². The molecule has 0 bridgehead atoms. The van der Waals surface area contributed by atoms with E-state index < -0.39 is 0 Å². The van der Waals surface area contributed by atoms with E-state index in [1.165, 1.54) is 6.20 Å². The fourth-order valence-corrected chi connectivity index (χ4v) is 2.80. The number of amides is 1. The van der Waals surface area contributed by atoms with Gasteiger partial charge in [-0.25, -0.2) is 0 Å². The monoisotopic (exact) mass is 316 g/mol. The van der Waals surface area contributed by atoms with Gasteiger partial charge in [0.25, 0.3) is 0 Å². The van der Waals surface area contributed by atoms with E-state index in [0.29, 0.717) is 23.8 Å². The van der Waals surface area contributed by atoms with Crippen LogP contribution in [0.25, 0.3) is 0 Å². The highest BCUT2D eigenvalue weighted by atomic mass is 16.5. The average molecular weight is 316 g/mol. The summed E-state index contributed by atoms with van der Waals surface area (Å²) >= 11 is 0. The normalized spacial score (nSPS) is 17.9. The summed E-state index contributed by atoms with van der Waals surface area (Å²) in [6.45, 7) is 4.66. The molecule has 3 rings (SSSR count). The van der Waals surface area contributed by atoms with Gasteiger partial charge in [-0.2, -0.15) is 4.98 Å². The summed E-state index contributed by atoms with van der Waals surface area (Å²) in [6.07, 6.45) is 4.89. The minimum atomic E-state index is -0.135. The Balaban J connectivity index is 1.74. The molecule has 23 heavy (non-hydrogen) atoms. The molecule has 1 fully saturated rings. The highest BCUT2D eigenvalue weighted by molar-refractivity contribution is 5.79. The van der Waals surface area contributed by atoms with Crippen LogP contribution in [-0.4, -0.2) is 37.6 Å². The lowest BCUT2D eigenvalue weighted by Crippen LogP contribution is -2.32. The van der Waals surface area contributed by atoms with E-state index >= 15 is 0 Å². The molecule has 2 aromatic rings. The Morgan fingerprint density at radius 1 is 1.48 bits per heavy atom. The van der Waals surface area contributed by atoms with Crippen molar-refractivity contribution in [3.63, 3.8) is 0 Å². The van der Waals surface area contributed by atoms with Crippen molar-refractivity contribution in [2.24, 2.45) is 0 Å². The molecule has 7 heteroatoms. The van der Waals surface area contributed by atoms with Gasteiger partial charge >= 0.3 is 0 Å². The minimum Gasteiger partial charge on any atom is -0.506 e. The van der Waals surface area contributed by atoms with E-state index in [1.54, 1.807) is 17.2 Å². The average Bonchev–Trinajstić information content (AvgIpc) is 3.16. The number of nitrogens with zero attached hydrogens (tertiary/aromatic N) is 4. The van der Waals surface area contributed by atoms with E-state index in [0.717, 1.165) is 12.8 Å². The van der Waals surface area contributed by atoms with Gasteiger partial charge in [-0.3, -0.25) is 9.78 Å². The molecule has 2 aromatic heterocycles. The standard InChI is InChI=1S/C16H20N4O3/c1-10(2)16-18-15(19-23-16)13-4-3-5-20(13)14(22)7-11-6-12(21)9-17-8-11/h6,8-10,13,21H,3-5,7H2,1-2H3/t13-/m1/s1. The molecule has 0 aliphatic carbocycles. The van der Waals surface area contributed by atoms with Crippen molar-refractivity contribution in [2.45, 2.75) is 45.1 Å². The fourth-order valence-electron chi connectivity index (χ4n) is 2.80. The lowest BCUT2D eigenvalue weighted by molar-refractivity contribution is -0.131. The van der Waals surface area contributed by atoms with E-state index in [2.05, 4.69) is 15.1 Å². The quantitative estimate of drug-likeness (QED) is 0.929. The smallest absolute Gasteiger partial charge is 0.229 e. The molecule has 1 aliphatic heterocycles. The van der Waals surface area contributed by atoms with Gasteiger partial charge in [0.2, 0.25) is 11.8 Å². The molecule has 3 heterocycles. The number of carbonyl (C=O) groups excluding carboxylic acids is 1. The molecule has 1 N–H and O–H groups in total. The van der Waals surface area contributed by atoms with Crippen LogP contribution in [0.4, 0.5) is 0 Å². The van der Waals surface area contributed by atoms with E-state index in [-0.39, 0.29) is 30.0 Å². The Hall–Kier alpha value is -2.44. The van der Waals surface area contributed by atoms with Crippen LogP contribution in [0.15, 0.2) is 23.0 Å². The summed E-state index contributed by atoms with van der Waals surface area (Å²) in [6, 6.07) is 1.42. The number of hydrogen-bond acceptors (Lipinski definition) is 6. The van der Waals surface area contributed by atoms with Gasteiger partial charge in [0.05, 0.1) is 18.7 Å². The third-order valence-electron chi connectivity index (χ3n) is 3.96. The van der Waals surface area contributed by atoms with Gasteiger partial charge in [0.1, 0.15) is 5.75 Å². The van der Waals surface area contributed by atoms with Crippen molar-refractivity contribution in [3.8, 4) is 5.75 Å². The number of pyridine rings is 1. The lowest BCUT2D eigenvalue weighted by Gasteiger charge is -2.22. The van der Waals surface area contributed by atoms with Crippen molar-refractivity contribution in [1.82, 2.24) is 20.0 Å². The predicted octanol–water partition coefficient (Wildman–Crippen LogP) is 2.20. The van der Waals surface area contributed by atoms with Crippen LogP contribution in [0.5, 0.6) is 5.75 Å². The van der Waals surface area contributed by atoms with Gasteiger partial charge in [0, 0.05) is 18.7 Å². The van der Waals surface area contributed by atoms with Crippen molar-refractivity contribution in [1.29, 1.82) is 0 Å². The molecule has 0 spiro atoms. The summed E-state index contributed by atoms with van der Waals surface area (Å²) in [5, 5.41) is 13.5. The lowest BCUT2D eigenvalue weighted by atomic mass is 10.1. The second-order valence-corrected chi connectivity index (χ2v) is 6.12. The van der Waals surface area contributed by atoms with Crippen molar-refractivity contribution in [3.05, 3.63) is 35.7 Å². The molecule has 1 aliphatic rings. The molecular weight excluding hydrogens is 296 g/mol.